The molecule has 0 aromatic heterocycles. The first-order chi connectivity index (χ1) is 10.5. The van der Waals surface area contributed by atoms with E-state index < -0.39 is 15.6 Å². The van der Waals surface area contributed by atoms with E-state index in [0.29, 0.717) is 10.6 Å². The highest BCUT2D eigenvalue weighted by atomic mass is 32.2. The fraction of sp³-hybridized carbons (Fsp3) is 0.294. The minimum atomic E-state index is -3.55. The molecule has 0 heterocycles. The van der Waals surface area contributed by atoms with Crippen LogP contribution in [0.3, 0.4) is 0 Å². The topological polar surface area (TPSA) is 55.4 Å². The summed E-state index contributed by atoms with van der Waals surface area (Å²) in [5, 5.41) is 0. The average molecular weight is 317 g/mol. The summed E-state index contributed by atoms with van der Waals surface area (Å²) >= 11 is 0. The van der Waals surface area contributed by atoms with Crippen molar-refractivity contribution in [2.75, 3.05) is 7.11 Å². The molecule has 4 nitrogen and oxygen atoms in total. The highest BCUT2D eigenvalue weighted by Gasteiger charge is 2.49. The number of methoxy groups -OCH3 is 1. The van der Waals surface area contributed by atoms with Gasteiger partial charge in [0.1, 0.15) is 5.75 Å². The zero-order chi connectivity index (χ0) is 15.8. The van der Waals surface area contributed by atoms with Gasteiger partial charge in [-0.25, -0.2) is 13.1 Å². The van der Waals surface area contributed by atoms with Crippen LogP contribution >= 0.6 is 0 Å². The summed E-state index contributed by atoms with van der Waals surface area (Å²) in [5.74, 6) is 0.714. The van der Waals surface area contributed by atoms with Gasteiger partial charge in [-0.05, 0) is 38.0 Å². The Labute approximate surface area is 131 Å². The Balaban J connectivity index is 1.93. The maximum absolute atomic E-state index is 12.6. The van der Waals surface area contributed by atoms with Gasteiger partial charge in [0.2, 0.25) is 10.0 Å². The predicted octanol–water partition coefficient (Wildman–Crippen LogP) is 2.97. The van der Waals surface area contributed by atoms with Crippen LogP contribution in [0.5, 0.6) is 5.75 Å². The minimum absolute atomic E-state index is 0.291. The molecule has 0 aliphatic heterocycles. The van der Waals surface area contributed by atoms with E-state index in [2.05, 4.69) is 4.72 Å². The Morgan fingerprint density at radius 1 is 1.05 bits per heavy atom. The van der Waals surface area contributed by atoms with Gasteiger partial charge in [-0.15, -0.1) is 0 Å². The van der Waals surface area contributed by atoms with Crippen LogP contribution in [-0.4, -0.2) is 15.5 Å². The van der Waals surface area contributed by atoms with Gasteiger partial charge in [-0.3, -0.25) is 0 Å². The number of para-hydroxylation sites is 1. The van der Waals surface area contributed by atoms with Gasteiger partial charge in [0.05, 0.1) is 17.5 Å². The standard InChI is InChI=1S/C17H19NO3S/c1-13-7-9-14(10-8-13)22(19,20)18-17(11-12-17)15-5-3-4-6-16(15)21-2/h3-10,18H,11-12H2,1-2H3. The Morgan fingerprint density at radius 2 is 1.68 bits per heavy atom. The van der Waals surface area contributed by atoms with E-state index in [1.165, 1.54) is 0 Å². The van der Waals surface area contributed by atoms with Gasteiger partial charge in [-0.1, -0.05) is 35.9 Å². The second-order valence-electron chi connectivity index (χ2n) is 5.70. The normalized spacial score (nSPS) is 16.3. The number of sulfonamides is 1. The van der Waals surface area contributed by atoms with Crippen LogP contribution in [0.4, 0.5) is 0 Å². The second-order valence-corrected chi connectivity index (χ2v) is 7.38. The molecule has 1 fully saturated rings. The summed E-state index contributed by atoms with van der Waals surface area (Å²) in [4.78, 5) is 0.291. The summed E-state index contributed by atoms with van der Waals surface area (Å²) in [6.45, 7) is 1.93. The SMILES string of the molecule is COc1ccccc1C1(NS(=O)(=O)c2ccc(C)cc2)CC1. The Bertz CT molecular complexity index is 778. The molecular formula is C17H19NO3S. The first-order valence-corrected chi connectivity index (χ1v) is 8.69. The highest BCUT2D eigenvalue weighted by molar-refractivity contribution is 7.89. The van der Waals surface area contributed by atoms with E-state index in [9.17, 15) is 8.42 Å². The lowest BCUT2D eigenvalue weighted by atomic mass is 10.1. The van der Waals surface area contributed by atoms with E-state index in [1.54, 1.807) is 31.4 Å². The molecule has 2 aromatic carbocycles. The predicted molar refractivity (Wildman–Crippen MR) is 85.4 cm³/mol. The fourth-order valence-corrected chi connectivity index (χ4v) is 4.07. The van der Waals surface area contributed by atoms with Crippen molar-refractivity contribution in [3.63, 3.8) is 0 Å². The molecule has 2 aromatic rings. The monoisotopic (exact) mass is 317 g/mol. The lowest BCUT2D eigenvalue weighted by Gasteiger charge is -2.20. The van der Waals surface area contributed by atoms with Crippen molar-refractivity contribution < 1.29 is 13.2 Å². The van der Waals surface area contributed by atoms with Crippen molar-refractivity contribution in [1.82, 2.24) is 4.72 Å². The molecule has 116 valence electrons. The molecule has 0 bridgehead atoms. The Hall–Kier alpha value is -1.85. The van der Waals surface area contributed by atoms with Crippen molar-refractivity contribution >= 4 is 10.0 Å². The molecule has 0 saturated heterocycles. The molecule has 0 atom stereocenters. The van der Waals surface area contributed by atoms with E-state index in [1.807, 2.05) is 31.2 Å². The van der Waals surface area contributed by atoms with Crippen molar-refractivity contribution in [2.24, 2.45) is 0 Å². The Kier molecular flexibility index (Phi) is 3.70. The summed E-state index contributed by atoms with van der Waals surface area (Å²) in [6.07, 6.45) is 1.55. The van der Waals surface area contributed by atoms with Crippen LogP contribution in [0, 0.1) is 6.92 Å². The van der Waals surface area contributed by atoms with Gasteiger partial charge in [0.25, 0.3) is 0 Å². The molecule has 1 aliphatic rings. The number of nitrogens with one attached hydrogen (secondary N) is 1. The molecule has 0 unspecified atom stereocenters. The van der Waals surface area contributed by atoms with Crippen LogP contribution in [0.25, 0.3) is 0 Å². The number of aryl methyl sites for hydroxylation is 1. The van der Waals surface area contributed by atoms with Gasteiger partial charge in [0, 0.05) is 5.56 Å². The lowest BCUT2D eigenvalue weighted by molar-refractivity contribution is 0.401. The molecule has 5 heteroatoms. The molecule has 1 aliphatic carbocycles. The van der Waals surface area contributed by atoms with Gasteiger partial charge in [-0.2, -0.15) is 0 Å². The van der Waals surface area contributed by atoms with Gasteiger partial charge >= 0.3 is 0 Å². The van der Waals surface area contributed by atoms with E-state index >= 15 is 0 Å². The zero-order valence-electron chi connectivity index (χ0n) is 12.7. The molecule has 0 spiro atoms. The fourth-order valence-electron chi connectivity index (χ4n) is 2.62. The molecule has 22 heavy (non-hydrogen) atoms. The van der Waals surface area contributed by atoms with Crippen LogP contribution in [0.2, 0.25) is 0 Å². The number of hydrogen-bond donors (Lipinski definition) is 1. The number of benzene rings is 2. The summed E-state index contributed by atoms with van der Waals surface area (Å²) in [7, 11) is -1.95. The molecule has 1 N–H and O–H groups in total. The van der Waals surface area contributed by atoms with Crippen LogP contribution in [-0.2, 0) is 15.6 Å². The maximum Gasteiger partial charge on any atom is 0.241 e. The molecule has 0 radical (unpaired) electrons. The minimum Gasteiger partial charge on any atom is -0.496 e. The molecule has 3 rings (SSSR count). The maximum atomic E-state index is 12.6. The summed E-state index contributed by atoms with van der Waals surface area (Å²) in [5.41, 5.74) is 1.38. The molecular weight excluding hydrogens is 298 g/mol. The van der Waals surface area contributed by atoms with Crippen LogP contribution < -0.4 is 9.46 Å². The van der Waals surface area contributed by atoms with Crippen LogP contribution in [0.1, 0.15) is 24.0 Å². The van der Waals surface area contributed by atoms with E-state index in [0.717, 1.165) is 24.0 Å². The van der Waals surface area contributed by atoms with Crippen molar-refractivity contribution in [2.45, 2.75) is 30.2 Å². The third kappa shape index (κ3) is 2.74. The number of rotatable bonds is 5. The molecule has 0 amide bonds. The summed E-state index contributed by atoms with van der Waals surface area (Å²) in [6, 6.07) is 14.4. The van der Waals surface area contributed by atoms with Crippen LogP contribution in [0.15, 0.2) is 53.4 Å². The van der Waals surface area contributed by atoms with Gasteiger partial charge < -0.3 is 4.74 Å². The van der Waals surface area contributed by atoms with Crippen molar-refractivity contribution in [1.29, 1.82) is 0 Å². The Morgan fingerprint density at radius 3 is 2.27 bits per heavy atom. The van der Waals surface area contributed by atoms with E-state index in [-0.39, 0.29) is 0 Å². The smallest absolute Gasteiger partial charge is 0.241 e. The largest absolute Gasteiger partial charge is 0.496 e. The van der Waals surface area contributed by atoms with E-state index in [4.69, 9.17) is 4.74 Å². The highest BCUT2D eigenvalue weighted by Crippen LogP contribution is 2.49. The van der Waals surface area contributed by atoms with Crippen molar-refractivity contribution in [3.8, 4) is 5.75 Å². The second kappa shape index (κ2) is 5.41. The third-order valence-electron chi connectivity index (χ3n) is 4.03. The third-order valence-corrected chi connectivity index (χ3v) is 5.59. The van der Waals surface area contributed by atoms with Gasteiger partial charge in [0.15, 0.2) is 0 Å². The zero-order valence-corrected chi connectivity index (χ0v) is 13.5. The average Bonchev–Trinajstić information content (AvgIpc) is 3.27. The van der Waals surface area contributed by atoms with Crippen molar-refractivity contribution in [3.05, 3.63) is 59.7 Å². The number of hydrogen-bond acceptors (Lipinski definition) is 3. The quantitative estimate of drug-likeness (QED) is 0.922. The first-order valence-electron chi connectivity index (χ1n) is 7.21. The first kappa shape index (κ1) is 15.1. The number of ether oxygens (including phenoxy) is 1. The summed E-state index contributed by atoms with van der Waals surface area (Å²) < 4.78 is 33.5. The lowest BCUT2D eigenvalue weighted by Crippen LogP contribution is -2.35. The molecule has 1 saturated carbocycles.